The number of aryl methyl sites for hydroxylation is 1. The van der Waals surface area contributed by atoms with Gasteiger partial charge in [0.15, 0.2) is 0 Å². The monoisotopic (exact) mass is 230 g/mol. The molecule has 1 aliphatic heterocycles. The molecule has 2 aliphatic rings. The van der Waals surface area contributed by atoms with Crippen LogP contribution in [-0.2, 0) is 22.4 Å². The van der Waals surface area contributed by atoms with Gasteiger partial charge in [0.25, 0.3) is 0 Å². The Kier molecular flexibility index (Phi) is 2.29. The fourth-order valence-corrected chi connectivity index (χ4v) is 3.19. The molecule has 2 bridgehead atoms. The Labute approximate surface area is 102 Å². The van der Waals surface area contributed by atoms with Crippen LogP contribution in [0.3, 0.4) is 0 Å². The number of hydrogen-bond acceptors (Lipinski definition) is 2. The van der Waals surface area contributed by atoms with E-state index in [2.05, 4.69) is 38.1 Å². The first-order valence-electron chi connectivity index (χ1n) is 6.36. The maximum absolute atomic E-state index is 12.0. The lowest BCUT2D eigenvalue weighted by Crippen LogP contribution is -2.33. The van der Waals surface area contributed by atoms with Gasteiger partial charge in [-0.15, -0.1) is 0 Å². The van der Waals surface area contributed by atoms with Crippen molar-refractivity contribution in [3.63, 3.8) is 0 Å². The zero-order chi connectivity index (χ0) is 12.0. The summed E-state index contributed by atoms with van der Waals surface area (Å²) in [6.45, 7) is 4.34. The molecule has 1 aromatic rings. The Balaban J connectivity index is 2.04. The molecular weight excluding hydrogens is 212 g/mol. The lowest BCUT2D eigenvalue weighted by atomic mass is 9.70. The Bertz CT molecular complexity index is 462. The van der Waals surface area contributed by atoms with Gasteiger partial charge in [-0.05, 0) is 30.4 Å². The van der Waals surface area contributed by atoms with Crippen LogP contribution in [-0.4, -0.2) is 12.1 Å². The summed E-state index contributed by atoms with van der Waals surface area (Å²) in [7, 11) is 0. The Hall–Kier alpha value is -1.31. The quantitative estimate of drug-likeness (QED) is 0.641. The molecular formula is C15H18O2. The van der Waals surface area contributed by atoms with Crippen LogP contribution in [0.2, 0.25) is 0 Å². The van der Waals surface area contributed by atoms with Crippen molar-refractivity contribution in [2.75, 3.05) is 0 Å². The van der Waals surface area contributed by atoms with E-state index < -0.39 is 0 Å². The predicted molar refractivity (Wildman–Crippen MR) is 65.6 cm³/mol. The fraction of sp³-hybridized carbons (Fsp3) is 0.533. The summed E-state index contributed by atoms with van der Waals surface area (Å²) in [5, 5.41) is 0. The SMILES string of the molecule is CC1(C)[C@@H]2CCc3ccccc3C[C@H]1C(=O)O2. The van der Waals surface area contributed by atoms with Crippen LogP contribution in [0.4, 0.5) is 0 Å². The molecule has 1 aromatic carbocycles. The van der Waals surface area contributed by atoms with E-state index in [0.717, 1.165) is 19.3 Å². The van der Waals surface area contributed by atoms with Gasteiger partial charge in [0.1, 0.15) is 6.10 Å². The van der Waals surface area contributed by atoms with Crippen molar-refractivity contribution >= 4 is 5.97 Å². The van der Waals surface area contributed by atoms with E-state index in [4.69, 9.17) is 4.74 Å². The molecule has 0 aromatic heterocycles. The van der Waals surface area contributed by atoms with Gasteiger partial charge in [-0.1, -0.05) is 38.1 Å². The summed E-state index contributed by atoms with van der Waals surface area (Å²) in [5.41, 5.74) is 2.68. The Morgan fingerprint density at radius 2 is 1.94 bits per heavy atom. The molecule has 90 valence electrons. The highest BCUT2D eigenvalue weighted by molar-refractivity contribution is 5.76. The first-order valence-corrected chi connectivity index (χ1v) is 6.36. The van der Waals surface area contributed by atoms with Gasteiger partial charge >= 0.3 is 5.97 Å². The summed E-state index contributed by atoms with van der Waals surface area (Å²) in [6.07, 6.45) is 2.89. The smallest absolute Gasteiger partial charge is 0.310 e. The van der Waals surface area contributed by atoms with E-state index in [1.54, 1.807) is 0 Å². The van der Waals surface area contributed by atoms with Crippen molar-refractivity contribution in [3.05, 3.63) is 35.4 Å². The summed E-state index contributed by atoms with van der Waals surface area (Å²) in [5.74, 6) is 0.0191. The number of esters is 1. The van der Waals surface area contributed by atoms with Crippen LogP contribution >= 0.6 is 0 Å². The number of rotatable bonds is 0. The average Bonchev–Trinajstić information content (AvgIpc) is 2.54. The highest BCUT2D eigenvalue weighted by Gasteiger charge is 2.51. The van der Waals surface area contributed by atoms with Gasteiger partial charge in [-0.25, -0.2) is 0 Å². The molecule has 1 saturated heterocycles. The van der Waals surface area contributed by atoms with Crippen LogP contribution in [0, 0.1) is 11.3 Å². The zero-order valence-corrected chi connectivity index (χ0v) is 10.4. The summed E-state index contributed by atoms with van der Waals surface area (Å²) < 4.78 is 5.55. The number of carbonyl (C=O) groups is 1. The normalized spacial score (nSPS) is 30.1. The van der Waals surface area contributed by atoms with Crippen molar-refractivity contribution in [2.45, 2.75) is 39.2 Å². The highest BCUT2D eigenvalue weighted by atomic mass is 16.6. The molecule has 3 rings (SSSR count). The van der Waals surface area contributed by atoms with E-state index in [1.807, 2.05) is 0 Å². The second-order valence-electron chi connectivity index (χ2n) is 5.81. The van der Waals surface area contributed by atoms with Gasteiger partial charge in [-0.2, -0.15) is 0 Å². The lowest BCUT2D eigenvalue weighted by Gasteiger charge is -2.31. The van der Waals surface area contributed by atoms with E-state index in [-0.39, 0.29) is 23.4 Å². The molecule has 2 nitrogen and oxygen atoms in total. The highest BCUT2D eigenvalue weighted by Crippen LogP contribution is 2.45. The van der Waals surface area contributed by atoms with Crippen molar-refractivity contribution in [1.82, 2.24) is 0 Å². The number of ether oxygens (including phenoxy) is 1. The molecule has 2 atom stereocenters. The topological polar surface area (TPSA) is 26.3 Å². The van der Waals surface area contributed by atoms with Crippen molar-refractivity contribution in [3.8, 4) is 0 Å². The van der Waals surface area contributed by atoms with Crippen molar-refractivity contribution in [2.24, 2.45) is 11.3 Å². The second kappa shape index (κ2) is 3.59. The Morgan fingerprint density at radius 3 is 2.71 bits per heavy atom. The molecule has 1 aliphatic carbocycles. The van der Waals surface area contributed by atoms with Gasteiger partial charge in [0.05, 0.1) is 5.92 Å². The minimum absolute atomic E-state index is 0.00305. The molecule has 0 spiro atoms. The van der Waals surface area contributed by atoms with Crippen LogP contribution in [0.25, 0.3) is 0 Å². The summed E-state index contributed by atoms with van der Waals surface area (Å²) >= 11 is 0. The van der Waals surface area contributed by atoms with Crippen LogP contribution in [0.1, 0.15) is 31.4 Å². The first-order chi connectivity index (χ1) is 8.09. The molecule has 17 heavy (non-hydrogen) atoms. The van der Waals surface area contributed by atoms with E-state index in [0.29, 0.717) is 0 Å². The molecule has 2 heteroatoms. The van der Waals surface area contributed by atoms with E-state index in [9.17, 15) is 4.79 Å². The van der Waals surface area contributed by atoms with Gasteiger partial charge in [0, 0.05) is 5.41 Å². The second-order valence-corrected chi connectivity index (χ2v) is 5.81. The molecule has 1 heterocycles. The molecule has 0 saturated carbocycles. The number of carbonyl (C=O) groups excluding carboxylic acids is 1. The van der Waals surface area contributed by atoms with Crippen LogP contribution in [0.15, 0.2) is 24.3 Å². The summed E-state index contributed by atoms with van der Waals surface area (Å²) in [6, 6.07) is 8.47. The predicted octanol–water partition coefficient (Wildman–Crippen LogP) is 2.74. The average molecular weight is 230 g/mol. The zero-order valence-electron chi connectivity index (χ0n) is 10.4. The van der Waals surface area contributed by atoms with Crippen LogP contribution in [0.5, 0.6) is 0 Å². The minimum Gasteiger partial charge on any atom is -0.462 e. The van der Waals surface area contributed by atoms with Gasteiger partial charge in [-0.3, -0.25) is 4.79 Å². The van der Waals surface area contributed by atoms with Crippen molar-refractivity contribution in [1.29, 1.82) is 0 Å². The van der Waals surface area contributed by atoms with Crippen molar-refractivity contribution < 1.29 is 9.53 Å². The lowest BCUT2D eigenvalue weighted by molar-refractivity contribution is -0.144. The third kappa shape index (κ3) is 1.58. The van der Waals surface area contributed by atoms with Gasteiger partial charge in [0.2, 0.25) is 0 Å². The Morgan fingerprint density at radius 1 is 1.24 bits per heavy atom. The fourth-order valence-electron chi connectivity index (χ4n) is 3.19. The maximum Gasteiger partial charge on any atom is 0.310 e. The summed E-state index contributed by atoms with van der Waals surface area (Å²) in [4.78, 5) is 12.0. The number of benzene rings is 1. The number of fused-ring (bicyclic) bond motifs is 3. The molecule has 0 unspecified atom stereocenters. The minimum atomic E-state index is -0.0232. The standard InChI is InChI=1S/C15H18O2/c1-15(2)12-9-11-6-4-3-5-10(11)7-8-13(15)17-14(12)16/h3-6,12-13H,7-9H2,1-2H3/t12-,13-/m0/s1. The molecule has 0 N–H and O–H groups in total. The largest absolute Gasteiger partial charge is 0.462 e. The molecule has 1 fully saturated rings. The number of hydrogen-bond donors (Lipinski definition) is 0. The van der Waals surface area contributed by atoms with E-state index >= 15 is 0 Å². The van der Waals surface area contributed by atoms with E-state index in [1.165, 1.54) is 11.1 Å². The third-order valence-electron chi connectivity index (χ3n) is 4.49. The molecule has 0 radical (unpaired) electrons. The maximum atomic E-state index is 12.0. The van der Waals surface area contributed by atoms with Gasteiger partial charge < -0.3 is 4.74 Å². The third-order valence-corrected chi connectivity index (χ3v) is 4.49. The molecule has 0 amide bonds. The van der Waals surface area contributed by atoms with Crippen LogP contribution < -0.4 is 0 Å². The first kappa shape index (κ1) is 10.8.